The second-order valence-electron chi connectivity index (χ2n) is 4.13. The molecule has 0 amide bonds. The molecule has 3 N–H and O–H groups in total. The molecule has 0 radical (unpaired) electrons. The molecule has 0 aliphatic rings. The van der Waals surface area contributed by atoms with Gasteiger partial charge >= 0.3 is 5.97 Å². The number of hydrogen-bond acceptors (Lipinski definition) is 4. The monoisotopic (exact) mass is 254 g/mol. The van der Waals surface area contributed by atoms with Crippen LogP contribution in [0, 0.1) is 6.92 Å². The summed E-state index contributed by atoms with van der Waals surface area (Å²) in [5.74, 6) is -2.31. The van der Waals surface area contributed by atoms with Crippen LogP contribution in [0.2, 0.25) is 0 Å². The number of ether oxygens (including phenoxy) is 1. The van der Waals surface area contributed by atoms with Crippen molar-refractivity contribution in [3.8, 4) is 17.2 Å². The first-order valence-electron chi connectivity index (χ1n) is 5.90. The lowest BCUT2D eigenvalue weighted by Gasteiger charge is -2.14. The van der Waals surface area contributed by atoms with Gasteiger partial charge in [-0.05, 0) is 25.0 Å². The van der Waals surface area contributed by atoms with Gasteiger partial charge in [0.15, 0.2) is 11.5 Å². The third-order valence-corrected chi connectivity index (χ3v) is 2.63. The van der Waals surface area contributed by atoms with Gasteiger partial charge in [-0.3, -0.25) is 0 Å². The lowest BCUT2D eigenvalue weighted by atomic mass is 10.1. The third-order valence-electron chi connectivity index (χ3n) is 2.63. The van der Waals surface area contributed by atoms with Gasteiger partial charge in [0, 0.05) is 0 Å². The predicted molar refractivity (Wildman–Crippen MR) is 66.5 cm³/mol. The van der Waals surface area contributed by atoms with E-state index in [1.54, 1.807) is 6.92 Å². The molecule has 0 aromatic heterocycles. The zero-order chi connectivity index (χ0) is 13.7. The van der Waals surface area contributed by atoms with Crippen molar-refractivity contribution in [3.05, 3.63) is 17.2 Å². The fraction of sp³-hybridized carbons (Fsp3) is 0.462. The van der Waals surface area contributed by atoms with Crippen LogP contribution in [0.15, 0.2) is 6.07 Å². The van der Waals surface area contributed by atoms with E-state index in [1.807, 2.05) is 0 Å². The number of aryl methyl sites for hydroxylation is 1. The summed E-state index contributed by atoms with van der Waals surface area (Å²) in [6, 6.07) is 1.29. The van der Waals surface area contributed by atoms with Crippen LogP contribution in [0.3, 0.4) is 0 Å². The minimum Gasteiger partial charge on any atom is -0.504 e. The van der Waals surface area contributed by atoms with Crippen molar-refractivity contribution < 1.29 is 24.9 Å². The molecule has 0 atom stereocenters. The van der Waals surface area contributed by atoms with E-state index in [0.717, 1.165) is 19.3 Å². The fourth-order valence-electron chi connectivity index (χ4n) is 1.68. The summed E-state index contributed by atoms with van der Waals surface area (Å²) in [6.07, 6.45) is 2.84. The molecular weight excluding hydrogens is 236 g/mol. The standard InChI is InChI=1S/C13H18O5/c1-3-4-5-6-18-12-8(2)7-9(14)11(15)10(12)13(16)17/h7,14-15H,3-6H2,1-2H3,(H,16,17). The van der Waals surface area contributed by atoms with E-state index >= 15 is 0 Å². The highest BCUT2D eigenvalue weighted by molar-refractivity contribution is 5.95. The Morgan fingerprint density at radius 3 is 2.56 bits per heavy atom. The van der Waals surface area contributed by atoms with Gasteiger partial charge in [0.2, 0.25) is 0 Å². The topological polar surface area (TPSA) is 87.0 Å². The molecule has 0 unspecified atom stereocenters. The van der Waals surface area contributed by atoms with Gasteiger partial charge in [0.1, 0.15) is 11.3 Å². The highest BCUT2D eigenvalue weighted by Gasteiger charge is 2.22. The summed E-state index contributed by atoms with van der Waals surface area (Å²) in [5, 5.41) is 28.0. The van der Waals surface area contributed by atoms with E-state index in [9.17, 15) is 15.0 Å². The van der Waals surface area contributed by atoms with E-state index in [4.69, 9.17) is 9.84 Å². The highest BCUT2D eigenvalue weighted by atomic mass is 16.5. The number of benzene rings is 1. The molecule has 0 saturated carbocycles. The second-order valence-corrected chi connectivity index (χ2v) is 4.13. The van der Waals surface area contributed by atoms with Gasteiger partial charge in [-0.15, -0.1) is 0 Å². The largest absolute Gasteiger partial charge is 0.504 e. The molecule has 0 aliphatic heterocycles. The molecule has 1 aromatic carbocycles. The number of carboxylic acid groups (broad SMARTS) is 1. The minimum atomic E-state index is -1.32. The predicted octanol–water partition coefficient (Wildman–Crippen LogP) is 2.67. The van der Waals surface area contributed by atoms with Crippen LogP contribution in [-0.2, 0) is 0 Å². The minimum absolute atomic E-state index is 0.119. The smallest absolute Gasteiger partial charge is 0.343 e. The first-order valence-corrected chi connectivity index (χ1v) is 5.90. The Balaban J connectivity index is 3.01. The summed E-state index contributed by atoms with van der Waals surface area (Å²) in [6.45, 7) is 4.07. The molecular formula is C13H18O5. The quantitative estimate of drug-likeness (QED) is 0.536. The summed E-state index contributed by atoms with van der Waals surface area (Å²) >= 11 is 0. The van der Waals surface area contributed by atoms with Crippen molar-refractivity contribution in [1.29, 1.82) is 0 Å². The molecule has 100 valence electrons. The van der Waals surface area contributed by atoms with Crippen molar-refractivity contribution in [1.82, 2.24) is 0 Å². The number of aromatic carboxylic acids is 1. The SMILES string of the molecule is CCCCCOc1c(C)cc(O)c(O)c1C(=O)O. The van der Waals surface area contributed by atoms with Crippen LogP contribution in [0.25, 0.3) is 0 Å². The van der Waals surface area contributed by atoms with Crippen molar-refractivity contribution in [2.75, 3.05) is 6.61 Å². The first kappa shape index (κ1) is 14.2. The van der Waals surface area contributed by atoms with Gasteiger partial charge in [0.25, 0.3) is 0 Å². The molecule has 1 aromatic rings. The number of hydrogen-bond donors (Lipinski definition) is 3. The van der Waals surface area contributed by atoms with Crippen molar-refractivity contribution in [3.63, 3.8) is 0 Å². The Hall–Kier alpha value is -1.91. The highest BCUT2D eigenvalue weighted by Crippen LogP contribution is 2.38. The zero-order valence-corrected chi connectivity index (χ0v) is 10.6. The molecule has 0 fully saturated rings. The Morgan fingerprint density at radius 2 is 2.00 bits per heavy atom. The van der Waals surface area contributed by atoms with Crippen LogP contribution in [0.5, 0.6) is 17.2 Å². The molecule has 0 bridgehead atoms. The van der Waals surface area contributed by atoms with Gasteiger partial charge in [-0.25, -0.2) is 4.79 Å². The Labute approximate surface area is 106 Å². The van der Waals surface area contributed by atoms with E-state index in [2.05, 4.69) is 6.92 Å². The van der Waals surface area contributed by atoms with Crippen LogP contribution in [0.1, 0.15) is 42.1 Å². The molecule has 5 nitrogen and oxygen atoms in total. The zero-order valence-electron chi connectivity index (χ0n) is 10.6. The van der Waals surface area contributed by atoms with Gasteiger partial charge in [-0.2, -0.15) is 0 Å². The number of rotatable bonds is 6. The van der Waals surface area contributed by atoms with Crippen LogP contribution >= 0.6 is 0 Å². The Bertz CT molecular complexity index is 439. The van der Waals surface area contributed by atoms with Crippen LogP contribution < -0.4 is 4.74 Å². The summed E-state index contributed by atoms with van der Waals surface area (Å²) in [7, 11) is 0. The van der Waals surface area contributed by atoms with Gasteiger partial charge < -0.3 is 20.1 Å². The maximum absolute atomic E-state index is 11.1. The molecule has 0 heterocycles. The number of carbonyl (C=O) groups is 1. The summed E-state index contributed by atoms with van der Waals surface area (Å²) in [5.41, 5.74) is 0.100. The number of carboxylic acids is 1. The fourth-order valence-corrected chi connectivity index (χ4v) is 1.68. The lowest BCUT2D eigenvalue weighted by Crippen LogP contribution is -2.06. The van der Waals surface area contributed by atoms with Crippen molar-refractivity contribution in [2.24, 2.45) is 0 Å². The molecule has 1 rings (SSSR count). The lowest BCUT2D eigenvalue weighted by molar-refractivity contribution is 0.0687. The van der Waals surface area contributed by atoms with E-state index in [-0.39, 0.29) is 11.3 Å². The molecule has 0 saturated heterocycles. The molecule has 5 heteroatoms. The Morgan fingerprint density at radius 1 is 1.33 bits per heavy atom. The van der Waals surface area contributed by atoms with Gasteiger partial charge in [-0.1, -0.05) is 19.8 Å². The maximum Gasteiger partial charge on any atom is 0.343 e. The van der Waals surface area contributed by atoms with E-state index < -0.39 is 17.5 Å². The first-order chi connectivity index (χ1) is 8.49. The number of unbranched alkanes of at least 4 members (excludes halogenated alkanes) is 2. The van der Waals surface area contributed by atoms with Gasteiger partial charge in [0.05, 0.1) is 6.61 Å². The maximum atomic E-state index is 11.1. The van der Waals surface area contributed by atoms with E-state index in [0.29, 0.717) is 12.2 Å². The summed E-state index contributed by atoms with van der Waals surface area (Å²) in [4.78, 5) is 11.1. The number of aromatic hydroxyl groups is 2. The number of phenolic OH excluding ortho intramolecular Hbond substituents is 1. The molecule has 18 heavy (non-hydrogen) atoms. The average Bonchev–Trinajstić information content (AvgIpc) is 2.30. The van der Waals surface area contributed by atoms with Crippen LogP contribution in [-0.4, -0.2) is 27.9 Å². The Kier molecular flexibility index (Phi) is 4.83. The average molecular weight is 254 g/mol. The van der Waals surface area contributed by atoms with E-state index in [1.165, 1.54) is 6.07 Å². The summed E-state index contributed by atoms with van der Waals surface area (Å²) < 4.78 is 5.42. The molecule has 0 aliphatic carbocycles. The van der Waals surface area contributed by atoms with Crippen molar-refractivity contribution >= 4 is 5.97 Å². The van der Waals surface area contributed by atoms with Crippen molar-refractivity contribution in [2.45, 2.75) is 33.1 Å². The van der Waals surface area contributed by atoms with Crippen LogP contribution in [0.4, 0.5) is 0 Å². The second kappa shape index (κ2) is 6.14. The number of phenols is 2. The third kappa shape index (κ3) is 3.06. The molecule has 0 spiro atoms. The normalized spacial score (nSPS) is 10.3.